The number of thioether (sulfide) groups is 1. The Kier molecular flexibility index (Phi) is 10.5. The molecule has 0 bridgehead atoms. The van der Waals surface area contributed by atoms with E-state index in [0.29, 0.717) is 23.2 Å². The summed E-state index contributed by atoms with van der Waals surface area (Å²) in [6, 6.07) is 17.5. The molecule has 1 aliphatic heterocycles. The Morgan fingerprint density at radius 2 is 1.83 bits per heavy atom. The van der Waals surface area contributed by atoms with Crippen LogP contribution in [0.1, 0.15) is 63.5 Å². The molecule has 13 heteroatoms. The van der Waals surface area contributed by atoms with E-state index in [9.17, 15) is 22.4 Å². The molecule has 2 heterocycles. The molecular weight excluding hydrogens is 632 g/mol. The second kappa shape index (κ2) is 14.6. The number of amides is 2. The van der Waals surface area contributed by atoms with Crippen molar-refractivity contribution in [3.05, 3.63) is 90.0 Å². The van der Waals surface area contributed by atoms with E-state index in [4.69, 9.17) is 0 Å². The molecule has 3 aromatic carbocycles. The minimum atomic E-state index is -4.76. The normalized spacial score (nSPS) is 16.8. The van der Waals surface area contributed by atoms with Crippen LogP contribution in [0.2, 0.25) is 0 Å². The summed E-state index contributed by atoms with van der Waals surface area (Å²) in [4.78, 5) is 23.9. The largest absolute Gasteiger partial charge is 0.573 e. The fourth-order valence-electron chi connectivity index (χ4n) is 5.40. The quantitative estimate of drug-likeness (QED) is 0.180. The molecular formula is C34H36F4N6O2S. The first kappa shape index (κ1) is 34.0. The Labute approximate surface area is 275 Å². The van der Waals surface area contributed by atoms with E-state index in [1.807, 2.05) is 49.9 Å². The van der Waals surface area contributed by atoms with Crippen molar-refractivity contribution in [3.8, 4) is 22.8 Å². The first-order valence-corrected chi connectivity index (χ1v) is 16.4. The van der Waals surface area contributed by atoms with Gasteiger partial charge in [-0.2, -0.15) is 4.99 Å². The lowest BCUT2D eigenvalue weighted by Gasteiger charge is -2.37. The molecule has 0 aliphatic carbocycles. The highest BCUT2D eigenvalue weighted by molar-refractivity contribution is 8.14. The number of aliphatic imine (C=N–C) groups is 1. The first-order chi connectivity index (χ1) is 22.4. The number of halogens is 4. The molecule has 4 aromatic rings. The van der Waals surface area contributed by atoms with Gasteiger partial charge in [-0.1, -0.05) is 56.8 Å². The van der Waals surface area contributed by atoms with Gasteiger partial charge in [-0.25, -0.2) is 18.9 Å². The van der Waals surface area contributed by atoms with Crippen LogP contribution in [0.3, 0.4) is 0 Å². The Hall–Kier alpha value is -4.39. The van der Waals surface area contributed by atoms with Gasteiger partial charge in [0.25, 0.3) is 0 Å². The third-order valence-electron chi connectivity index (χ3n) is 7.94. The van der Waals surface area contributed by atoms with E-state index in [2.05, 4.69) is 32.1 Å². The molecule has 5 rings (SSSR count). The van der Waals surface area contributed by atoms with Gasteiger partial charge >= 0.3 is 12.4 Å². The Morgan fingerprint density at radius 3 is 2.49 bits per heavy atom. The molecule has 0 saturated carbocycles. The van der Waals surface area contributed by atoms with E-state index in [0.717, 1.165) is 41.0 Å². The van der Waals surface area contributed by atoms with Crippen LogP contribution in [0.4, 0.5) is 28.0 Å². The molecule has 1 aliphatic rings. The van der Waals surface area contributed by atoms with Gasteiger partial charge < -0.3 is 15.0 Å². The minimum Gasteiger partial charge on any atom is -0.406 e. The van der Waals surface area contributed by atoms with Crippen LogP contribution in [0.15, 0.2) is 78.0 Å². The minimum absolute atomic E-state index is 0.0369. The van der Waals surface area contributed by atoms with Gasteiger partial charge in [0, 0.05) is 35.5 Å². The standard InChI is InChI=1S/C34H36F4N6O2S/c1-5-23(19-39-32(45)41-33-44(22(4)16-17-47-33)30-15-10-26(35)18-29(30)21(2)3)24-6-8-25(9-7-24)31-40-20-43(42-31)27-11-13-28(14-12-27)46-34(36,37)38/h6-15,18,20-23H,5,16-17,19H2,1-4H3,(H,39,45)/b41-33-. The van der Waals surface area contributed by atoms with Gasteiger partial charge in [0.05, 0.1) is 5.69 Å². The van der Waals surface area contributed by atoms with Gasteiger partial charge in [-0.3, -0.25) is 0 Å². The van der Waals surface area contributed by atoms with Crippen LogP contribution < -0.4 is 15.0 Å². The predicted octanol–water partition coefficient (Wildman–Crippen LogP) is 8.69. The smallest absolute Gasteiger partial charge is 0.406 e. The van der Waals surface area contributed by atoms with Gasteiger partial charge in [-0.05, 0) is 79.3 Å². The van der Waals surface area contributed by atoms with E-state index < -0.39 is 12.4 Å². The predicted molar refractivity (Wildman–Crippen MR) is 177 cm³/mol. The van der Waals surface area contributed by atoms with E-state index in [1.54, 1.807) is 12.1 Å². The van der Waals surface area contributed by atoms with Crippen molar-refractivity contribution < 1.29 is 27.1 Å². The number of benzene rings is 3. The van der Waals surface area contributed by atoms with Crippen molar-refractivity contribution in [2.24, 2.45) is 4.99 Å². The second-order valence-corrected chi connectivity index (χ2v) is 12.6. The van der Waals surface area contributed by atoms with Gasteiger partial charge in [0.1, 0.15) is 17.9 Å². The van der Waals surface area contributed by atoms with Crippen molar-refractivity contribution >= 4 is 28.6 Å². The lowest BCUT2D eigenvalue weighted by atomic mass is 9.95. The molecule has 0 spiro atoms. The SMILES string of the molecule is CCC(CNC(=O)/N=C1\SCCC(C)N1c1ccc(F)cc1C(C)C)c1ccc(-c2ncn(-c3ccc(OC(F)(F)F)cc3)n2)cc1. The average Bonchev–Trinajstić information content (AvgIpc) is 3.52. The highest BCUT2D eigenvalue weighted by atomic mass is 32.2. The zero-order valence-electron chi connectivity index (χ0n) is 26.5. The number of urea groups is 1. The van der Waals surface area contributed by atoms with Crippen LogP contribution in [0, 0.1) is 5.82 Å². The number of ether oxygens (including phenoxy) is 1. The maximum atomic E-state index is 14.1. The van der Waals surface area contributed by atoms with Crippen LogP contribution in [0.25, 0.3) is 17.1 Å². The monoisotopic (exact) mass is 668 g/mol. The highest BCUT2D eigenvalue weighted by Crippen LogP contribution is 2.35. The van der Waals surface area contributed by atoms with Crippen molar-refractivity contribution in [1.82, 2.24) is 20.1 Å². The number of hydrogen-bond donors (Lipinski definition) is 1. The lowest BCUT2D eigenvalue weighted by Crippen LogP contribution is -2.43. The number of anilines is 1. The molecule has 2 atom stereocenters. The molecule has 1 aromatic heterocycles. The molecule has 2 amide bonds. The maximum absolute atomic E-state index is 14.1. The summed E-state index contributed by atoms with van der Waals surface area (Å²) >= 11 is 1.52. The van der Waals surface area contributed by atoms with Crippen LogP contribution >= 0.6 is 11.8 Å². The van der Waals surface area contributed by atoms with Gasteiger partial charge in [0.15, 0.2) is 11.0 Å². The number of carbonyl (C=O) groups excluding carboxylic acids is 1. The van der Waals surface area contributed by atoms with Crippen LogP contribution in [-0.4, -0.2) is 50.7 Å². The number of alkyl halides is 3. The Morgan fingerprint density at radius 1 is 1.11 bits per heavy atom. The van der Waals surface area contributed by atoms with Gasteiger partial charge in [0.2, 0.25) is 0 Å². The van der Waals surface area contributed by atoms with Crippen LogP contribution in [0.5, 0.6) is 5.75 Å². The van der Waals surface area contributed by atoms with Crippen molar-refractivity contribution in [2.75, 3.05) is 17.2 Å². The maximum Gasteiger partial charge on any atom is 0.573 e. The number of nitrogens with one attached hydrogen (secondary N) is 1. The Balaban J connectivity index is 1.24. The third-order valence-corrected chi connectivity index (χ3v) is 8.93. The molecule has 2 unspecified atom stereocenters. The molecule has 1 fully saturated rings. The summed E-state index contributed by atoms with van der Waals surface area (Å²) in [6.45, 7) is 8.57. The summed E-state index contributed by atoms with van der Waals surface area (Å²) in [5.74, 6) is 0.816. The number of amidine groups is 1. The summed E-state index contributed by atoms with van der Waals surface area (Å²) in [6.07, 6.45) is -1.58. The number of aromatic nitrogens is 3. The zero-order valence-corrected chi connectivity index (χ0v) is 27.3. The highest BCUT2D eigenvalue weighted by Gasteiger charge is 2.31. The molecule has 1 N–H and O–H groups in total. The van der Waals surface area contributed by atoms with Crippen molar-refractivity contribution in [2.45, 2.75) is 64.8 Å². The molecule has 8 nitrogen and oxygen atoms in total. The fraction of sp³-hybridized carbons (Fsp3) is 0.353. The van der Waals surface area contributed by atoms with Crippen LogP contribution in [-0.2, 0) is 0 Å². The van der Waals surface area contributed by atoms with Crippen molar-refractivity contribution in [3.63, 3.8) is 0 Å². The Bertz CT molecular complexity index is 1710. The second-order valence-electron chi connectivity index (χ2n) is 11.6. The summed E-state index contributed by atoms with van der Waals surface area (Å²) in [7, 11) is 0. The average molecular weight is 669 g/mol. The number of carbonyl (C=O) groups is 1. The van der Waals surface area contributed by atoms with E-state index >= 15 is 0 Å². The fourth-order valence-corrected chi connectivity index (χ4v) is 6.61. The number of nitrogens with zero attached hydrogens (tertiary/aromatic N) is 5. The zero-order chi connectivity index (χ0) is 33.7. The number of hydrogen-bond acceptors (Lipinski definition) is 5. The van der Waals surface area contributed by atoms with Crippen molar-refractivity contribution in [1.29, 1.82) is 0 Å². The lowest BCUT2D eigenvalue weighted by molar-refractivity contribution is -0.274. The van der Waals surface area contributed by atoms with E-state index in [1.165, 1.54) is 53.1 Å². The topological polar surface area (TPSA) is 84.6 Å². The third kappa shape index (κ3) is 8.51. The molecule has 0 radical (unpaired) electrons. The summed E-state index contributed by atoms with van der Waals surface area (Å²) in [5.41, 5.74) is 4.06. The first-order valence-electron chi connectivity index (χ1n) is 15.4. The molecule has 1 saturated heterocycles. The summed E-state index contributed by atoms with van der Waals surface area (Å²) in [5, 5.41) is 8.04. The summed E-state index contributed by atoms with van der Waals surface area (Å²) < 4.78 is 56.9. The van der Waals surface area contributed by atoms with E-state index in [-0.39, 0.29) is 29.4 Å². The molecule has 248 valence electrons. The van der Waals surface area contributed by atoms with Gasteiger partial charge in [-0.15, -0.1) is 18.3 Å². The molecule has 47 heavy (non-hydrogen) atoms. The number of rotatable bonds is 9.